The lowest BCUT2D eigenvalue weighted by Gasteiger charge is -2.43. The van der Waals surface area contributed by atoms with Crippen molar-refractivity contribution in [3.63, 3.8) is 0 Å². The van der Waals surface area contributed by atoms with Crippen molar-refractivity contribution in [3.8, 4) is 6.07 Å². The number of hydrogen-bond donors (Lipinski definition) is 2. The molecule has 1 fully saturated rings. The molecule has 6 nitrogen and oxygen atoms in total. The smallest absolute Gasteiger partial charge is 0.228 e. The first-order valence-electron chi connectivity index (χ1n) is 10.9. The Labute approximate surface area is 177 Å². The second kappa shape index (κ2) is 8.35. The van der Waals surface area contributed by atoms with Crippen LogP contribution in [0.15, 0.2) is 36.7 Å². The molecule has 1 amide bonds. The summed E-state index contributed by atoms with van der Waals surface area (Å²) in [5.41, 5.74) is 4.07. The van der Waals surface area contributed by atoms with Crippen molar-refractivity contribution in [2.24, 2.45) is 5.92 Å². The molecule has 0 saturated heterocycles. The predicted octanol–water partition coefficient (Wildman–Crippen LogP) is 4.99. The molecule has 2 atom stereocenters. The molecule has 0 spiro atoms. The first-order chi connectivity index (χ1) is 14.5. The number of carbonyl (C=O) groups is 1. The summed E-state index contributed by atoms with van der Waals surface area (Å²) in [4.78, 5) is 22.4. The van der Waals surface area contributed by atoms with Gasteiger partial charge in [-0.25, -0.2) is 4.98 Å². The molecule has 30 heavy (non-hydrogen) atoms. The first-order valence-corrected chi connectivity index (χ1v) is 10.9. The average molecular weight is 404 g/mol. The zero-order chi connectivity index (χ0) is 21.3. The average Bonchev–Trinajstić information content (AvgIpc) is 3.50. The van der Waals surface area contributed by atoms with Crippen LogP contribution in [0, 0.1) is 17.2 Å². The molecule has 3 heterocycles. The van der Waals surface area contributed by atoms with Gasteiger partial charge >= 0.3 is 0 Å². The van der Waals surface area contributed by atoms with Crippen molar-refractivity contribution in [3.05, 3.63) is 42.2 Å². The van der Waals surface area contributed by atoms with Crippen LogP contribution in [-0.4, -0.2) is 32.9 Å². The van der Waals surface area contributed by atoms with E-state index in [-0.39, 0.29) is 17.9 Å². The lowest BCUT2D eigenvalue weighted by Crippen LogP contribution is -2.43. The number of amides is 1. The maximum atomic E-state index is 12.3. The van der Waals surface area contributed by atoms with Gasteiger partial charge in [0.1, 0.15) is 11.5 Å². The second-order valence-corrected chi connectivity index (χ2v) is 8.30. The number of aromatic amines is 1. The molecular formula is C24H29N5O. The van der Waals surface area contributed by atoms with Gasteiger partial charge in [-0.15, -0.1) is 0 Å². The molecule has 2 aromatic rings. The number of rotatable bonds is 7. The Morgan fingerprint density at radius 2 is 2.20 bits per heavy atom. The standard InChI is InChI=1S/C24H29N5O/c1-4-18-12-17(13-19(5-2)29(18)15(3)8-10-25)21-14-22(28-24(30)16-6-7-16)27-23-20(21)9-11-26-23/h9,11-12,14,16,18-19H,3-8,13H2,1-2H3,(H2,26,27,28,30). The number of allylic oxidation sites excluding steroid dienone is 1. The van der Waals surface area contributed by atoms with Gasteiger partial charge in [-0.2, -0.15) is 5.26 Å². The number of anilines is 1. The maximum absolute atomic E-state index is 12.3. The van der Waals surface area contributed by atoms with E-state index in [4.69, 9.17) is 5.26 Å². The Morgan fingerprint density at radius 1 is 1.40 bits per heavy atom. The minimum absolute atomic E-state index is 0.0637. The highest BCUT2D eigenvalue weighted by Gasteiger charge is 2.32. The van der Waals surface area contributed by atoms with Gasteiger partial charge in [-0.05, 0) is 55.4 Å². The predicted molar refractivity (Wildman–Crippen MR) is 119 cm³/mol. The summed E-state index contributed by atoms with van der Waals surface area (Å²) in [5.74, 6) is 0.807. The van der Waals surface area contributed by atoms with E-state index in [1.54, 1.807) is 0 Å². The Kier molecular flexibility index (Phi) is 5.63. The molecule has 0 radical (unpaired) electrons. The molecule has 2 unspecified atom stereocenters. The molecule has 2 aliphatic rings. The van der Waals surface area contributed by atoms with Crippen LogP contribution in [0.1, 0.15) is 57.9 Å². The summed E-state index contributed by atoms with van der Waals surface area (Å²) < 4.78 is 0. The van der Waals surface area contributed by atoms with Crippen LogP contribution in [0.3, 0.4) is 0 Å². The van der Waals surface area contributed by atoms with Crippen molar-refractivity contribution in [2.45, 2.75) is 64.5 Å². The summed E-state index contributed by atoms with van der Waals surface area (Å²) in [6.07, 6.45) is 9.28. The number of nitriles is 1. The number of nitrogens with zero attached hydrogens (tertiary/aromatic N) is 3. The van der Waals surface area contributed by atoms with Gasteiger partial charge in [0.05, 0.1) is 12.5 Å². The van der Waals surface area contributed by atoms with Crippen LogP contribution < -0.4 is 5.32 Å². The van der Waals surface area contributed by atoms with Gasteiger partial charge in [0.25, 0.3) is 0 Å². The Hall–Kier alpha value is -3.07. The molecule has 0 bridgehead atoms. The highest BCUT2D eigenvalue weighted by Crippen LogP contribution is 2.38. The summed E-state index contributed by atoms with van der Waals surface area (Å²) in [5, 5.41) is 13.2. The molecule has 1 saturated carbocycles. The lowest BCUT2D eigenvalue weighted by molar-refractivity contribution is -0.117. The van der Waals surface area contributed by atoms with Gasteiger partial charge in [0, 0.05) is 35.3 Å². The van der Waals surface area contributed by atoms with Gasteiger partial charge in [0.2, 0.25) is 5.91 Å². The largest absolute Gasteiger partial charge is 0.365 e. The topological polar surface area (TPSA) is 84.8 Å². The summed E-state index contributed by atoms with van der Waals surface area (Å²) in [6.45, 7) is 8.54. The zero-order valence-corrected chi connectivity index (χ0v) is 17.7. The number of H-pyrrole nitrogens is 1. The Morgan fingerprint density at radius 3 is 2.87 bits per heavy atom. The van der Waals surface area contributed by atoms with Crippen molar-refractivity contribution in [1.29, 1.82) is 5.26 Å². The first kappa shape index (κ1) is 20.2. The number of nitrogens with one attached hydrogen (secondary N) is 2. The van der Waals surface area contributed by atoms with Crippen molar-refractivity contribution in [1.82, 2.24) is 14.9 Å². The molecule has 4 rings (SSSR count). The minimum atomic E-state index is 0.0637. The fraction of sp³-hybridized carbons (Fsp3) is 0.458. The van der Waals surface area contributed by atoms with E-state index < -0.39 is 0 Å². The molecule has 2 aromatic heterocycles. The quantitative estimate of drug-likeness (QED) is 0.682. The van der Waals surface area contributed by atoms with Crippen LogP contribution in [0.5, 0.6) is 0 Å². The van der Waals surface area contributed by atoms with Crippen LogP contribution in [-0.2, 0) is 4.79 Å². The third kappa shape index (κ3) is 3.85. The normalized spacial score (nSPS) is 21.2. The highest BCUT2D eigenvalue weighted by atomic mass is 16.2. The zero-order valence-electron chi connectivity index (χ0n) is 17.7. The van der Waals surface area contributed by atoms with Gasteiger partial charge < -0.3 is 15.2 Å². The van der Waals surface area contributed by atoms with Crippen LogP contribution in [0.4, 0.5) is 5.82 Å². The molecular weight excluding hydrogens is 374 g/mol. The molecule has 2 N–H and O–H groups in total. The fourth-order valence-electron chi connectivity index (χ4n) is 4.48. The number of fused-ring (bicyclic) bond motifs is 1. The monoisotopic (exact) mass is 403 g/mol. The molecule has 0 aromatic carbocycles. The fourth-order valence-corrected chi connectivity index (χ4v) is 4.48. The van der Waals surface area contributed by atoms with Gasteiger partial charge in [-0.3, -0.25) is 4.79 Å². The van der Waals surface area contributed by atoms with E-state index in [1.165, 1.54) is 5.57 Å². The van der Waals surface area contributed by atoms with E-state index in [0.717, 1.165) is 54.4 Å². The van der Waals surface area contributed by atoms with E-state index in [2.05, 4.69) is 52.8 Å². The van der Waals surface area contributed by atoms with Crippen molar-refractivity contribution >= 4 is 28.3 Å². The van der Waals surface area contributed by atoms with Crippen molar-refractivity contribution in [2.75, 3.05) is 5.32 Å². The van der Waals surface area contributed by atoms with Gasteiger partial charge in [-0.1, -0.05) is 26.5 Å². The lowest BCUT2D eigenvalue weighted by atomic mass is 9.87. The molecule has 1 aliphatic carbocycles. The van der Waals surface area contributed by atoms with E-state index >= 15 is 0 Å². The number of pyridine rings is 1. The minimum Gasteiger partial charge on any atom is -0.365 e. The summed E-state index contributed by atoms with van der Waals surface area (Å²) in [7, 11) is 0. The highest BCUT2D eigenvalue weighted by molar-refractivity contribution is 5.97. The second-order valence-electron chi connectivity index (χ2n) is 8.30. The Bertz CT molecular complexity index is 1040. The van der Waals surface area contributed by atoms with E-state index in [9.17, 15) is 4.79 Å². The summed E-state index contributed by atoms with van der Waals surface area (Å²) in [6, 6.07) is 6.80. The van der Waals surface area contributed by atoms with Crippen LogP contribution in [0.2, 0.25) is 0 Å². The van der Waals surface area contributed by atoms with E-state index in [1.807, 2.05) is 18.3 Å². The SMILES string of the molecule is C=C(CC#N)N1C(CC)C=C(c2cc(NC(=O)C3CC3)nc3[nH]ccc23)CC1CC. The van der Waals surface area contributed by atoms with Gasteiger partial charge in [0.15, 0.2) is 0 Å². The summed E-state index contributed by atoms with van der Waals surface area (Å²) >= 11 is 0. The maximum Gasteiger partial charge on any atom is 0.228 e. The van der Waals surface area contributed by atoms with E-state index in [0.29, 0.717) is 18.3 Å². The van der Waals surface area contributed by atoms with Crippen LogP contribution in [0.25, 0.3) is 16.6 Å². The Balaban J connectivity index is 1.73. The third-order valence-corrected chi connectivity index (χ3v) is 6.21. The molecule has 6 heteroatoms. The number of carbonyl (C=O) groups excluding carboxylic acids is 1. The number of hydrogen-bond acceptors (Lipinski definition) is 4. The molecule has 156 valence electrons. The third-order valence-electron chi connectivity index (χ3n) is 6.21. The van der Waals surface area contributed by atoms with Crippen LogP contribution >= 0.6 is 0 Å². The molecule has 1 aliphatic heterocycles. The number of aromatic nitrogens is 2. The van der Waals surface area contributed by atoms with Crippen molar-refractivity contribution < 1.29 is 4.79 Å².